The summed E-state index contributed by atoms with van der Waals surface area (Å²) in [6, 6.07) is 12.8. The van der Waals surface area contributed by atoms with E-state index in [-0.39, 0.29) is 11.9 Å². The van der Waals surface area contributed by atoms with E-state index in [1.165, 1.54) is 0 Å². The monoisotopic (exact) mass is 380 g/mol. The second-order valence-corrected chi connectivity index (χ2v) is 7.24. The summed E-state index contributed by atoms with van der Waals surface area (Å²) >= 11 is 0. The zero-order chi connectivity index (χ0) is 19.6. The highest BCUT2D eigenvalue weighted by atomic mass is 16.2. The van der Waals surface area contributed by atoms with Crippen LogP contribution in [0.1, 0.15) is 42.5 Å². The number of anilines is 1. The fourth-order valence-electron chi connectivity index (χ4n) is 3.56. The standard InChI is InChI=1S/C22H28N4O2/c27-21(19-8-4-1-5-9-19)26-16-12-18(17-26)7-3-2-6-13-24-22(28)25-20-10-14-23-15-11-20/h1,4-5,8-11,14-15,18H,2-3,6-7,12-13,16-17H2,(H2,23,24,25,28). The van der Waals surface area contributed by atoms with Gasteiger partial charge in [0, 0.05) is 43.3 Å². The highest BCUT2D eigenvalue weighted by molar-refractivity contribution is 5.94. The SMILES string of the molecule is O=C(NCCCCCC1CCN(C(=O)c2ccccc2)C1)Nc1ccncc1. The van der Waals surface area contributed by atoms with Crippen LogP contribution in [-0.2, 0) is 0 Å². The Labute approximate surface area is 166 Å². The van der Waals surface area contributed by atoms with Crippen molar-refractivity contribution in [2.75, 3.05) is 25.0 Å². The van der Waals surface area contributed by atoms with Crippen LogP contribution < -0.4 is 10.6 Å². The lowest BCUT2D eigenvalue weighted by Gasteiger charge is -2.16. The molecule has 0 bridgehead atoms. The molecule has 2 aromatic rings. The third-order valence-electron chi connectivity index (χ3n) is 5.11. The number of pyridine rings is 1. The summed E-state index contributed by atoms with van der Waals surface area (Å²) in [5, 5.41) is 5.66. The first-order valence-electron chi connectivity index (χ1n) is 10.0. The van der Waals surface area contributed by atoms with Gasteiger partial charge in [0.05, 0.1) is 0 Å². The molecule has 1 aromatic heterocycles. The molecule has 1 unspecified atom stereocenters. The number of hydrogen-bond donors (Lipinski definition) is 2. The van der Waals surface area contributed by atoms with Gasteiger partial charge in [0.15, 0.2) is 0 Å². The van der Waals surface area contributed by atoms with Gasteiger partial charge < -0.3 is 15.5 Å². The Hall–Kier alpha value is -2.89. The van der Waals surface area contributed by atoms with Crippen LogP contribution >= 0.6 is 0 Å². The van der Waals surface area contributed by atoms with Crippen molar-refractivity contribution in [2.45, 2.75) is 32.1 Å². The van der Waals surface area contributed by atoms with Gasteiger partial charge in [-0.3, -0.25) is 9.78 Å². The van der Waals surface area contributed by atoms with Gasteiger partial charge in [-0.1, -0.05) is 31.0 Å². The molecule has 0 spiro atoms. The van der Waals surface area contributed by atoms with Gasteiger partial charge in [-0.05, 0) is 49.4 Å². The number of carbonyl (C=O) groups excluding carboxylic acids is 2. The first kappa shape index (κ1) is 19.9. The predicted octanol–water partition coefficient (Wildman–Crippen LogP) is 3.93. The Balaban J connectivity index is 1.25. The Kier molecular flexibility index (Phi) is 7.41. The molecule has 1 aliphatic heterocycles. The van der Waals surface area contributed by atoms with Crippen molar-refractivity contribution in [3.63, 3.8) is 0 Å². The molecule has 2 heterocycles. The highest BCUT2D eigenvalue weighted by Gasteiger charge is 2.26. The maximum atomic E-state index is 12.5. The number of aromatic nitrogens is 1. The number of rotatable bonds is 8. The summed E-state index contributed by atoms with van der Waals surface area (Å²) in [6.07, 6.45) is 8.70. The van der Waals surface area contributed by atoms with Gasteiger partial charge in [0.1, 0.15) is 0 Å². The summed E-state index contributed by atoms with van der Waals surface area (Å²) in [6.45, 7) is 2.38. The van der Waals surface area contributed by atoms with Gasteiger partial charge in [-0.15, -0.1) is 0 Å². The van der Waals surface area contributed by atoms with Gasteiger partial charge in [0.2, 0.25) is 0 Å². The maximum absolute atomic E-state index is 12.5. The molecule has 0 saturated carbocycles. The van der Waals surface area contributed by atoms with Crippen molar-refractivity contribution in [2.24, 2.45) is 5.92 Å². The first-order chi connectivity index (χ1) is 13.7. The summed E-state index contributed by atoms with van der Waals surface area (Å²) in [7, 11) is 0. The Bertz CT molecular complexity index is 752. The number of likely N-dealkylation sites (tertiary alicyclic amines) is 1. The van der Waals surface area contributed by atoms with E-state index in [4.69, 9.17) is 0 Å². The van der Waals surface area contributed by atoms with E-state index < -0.39 is 0 Å². The maximum Gasteiger partial charge on any atom is 0.319 e. The number of carbonyl (C=O) groups is 2. The number of nitrogens with zero attached hydrogens (tertiary/aromatic N) is 2. The van der Waals surface area contributed by atoms with E-state index in [2.05, 4.69) is 15.6 Å². The van der Waals surface area contributed by atoms with Crippen LogP contribution in [-0.4, -0.2) is 41.5 Å². The lowest BCUT2D eigenvalue weighted by Crippen LogP contribution is -2.29. The molecule has 1 atom stereocenters. The number of amides is 3. The predicted molar refractivity (Wildman–Crippen MR) is 110 cm³/mol. The lowest BCUT2D eigenvalue weighted by molar-refractivity contribution is 0.0786. The molecule has 6 heteroatoms. The van der Waals surface area contributed by atoms with Crippen molar-refractivity contribution in [1.82, 2.24) is 15.2 Å². The number of urea groups is 1. The van der Waals surface area contributed by atoms with Crippen molar-refractivity contribution >= 4 is 17.6 Å². The molecule has 1 saturated heterocycles. The molecule has 28 heavy (non-hydrogen) atoms. The van der Waals surface area contributed by atoms with E-state index in [0.717, 1.165) is 56.4 Å². The van der Waals surface area contributed by atoms with Gasteiger partial charge in [-0.2, -0.15) is 0 Å². The molecule has 148 valence electrons. The Morgan fingerprint density at radius 2 is 1.82 bits per heavy atom. The van der Waals surface area contributed by atoms with Crippen LogP contribution in [0.2, 0.25) is 0 Å². The minimum absolute atomic E-state index is 0.146. The van der Waals surface area contributed by atoms with Crippen LogP contribution in [0.4, 0.5) is 10.5 Å². The molecule has 1 fully saturated rings. The Morgan fingerprint density at radius 1 is 1.04 bits per heavy atom. The summed E-state index contributed by atoms with van der Waals surface area (Å²) in [4.78, 5) is 30.2. The summed E-state index contributed by atoms with van der Waals surface area (Å²) < 4.78 is 0. The summed E-state index contributed by atoms with van der Waals surface area (Å²) in [5.74, 6) is 0.739. The quantitative estimate of drug-likeness (QED) is 0.682. The van der Waals surface area contributed by atoms with E-state index >= 15 is 0 Å². The average molecular weight is 380 g/mol. The molecular formula is C22H28N4O2. The van der Waals surface area contributed by atoms with Crippen molar-refractivity contribution in [1.29, 1.82) is 0 Å². The van der Waals surface area contributed by atoms with Crippen LogP contribution in [0.15, 0.2) is 54.9 Å². The van der Waals surface area contributed by atoms with Crippen LogP contribution in [0, 0.1) is 5.92 Å². The second-order valence-electron chi connectivity index (χ2n) is 7.24. The van der Waals surface area contributed by atoms with E-state index in [1.807, 2.05) is 35.2 Å². The Morgan fingerprint density at radius 3 is 2.61 bits per heavy atom. The van der Waals surface area contributed by atoms with Gasteiger partial charge in [-0.25, -0.2) is 4.79 Å². The van der Waals surface area contributed by atoms with Crippen molar-refractivity contribution in [3.8, 4) is 0 Å². The number of nitrogens with one attached hydrogen (secondary N) is 2. The zero-order valence-corrected chi connectivity index (χ0v) is 16.1. The average Bonchev–Trinajstić information content (AvgIpc) is 3.20. The molecule has 6 nitrogen and oxygen atoms in total. The van der Waals surface area contributed by atoms with E-state index in [0.29, 0.717) is 12.5 Å². The van der Waals surface area contributed by atoms with Crippen LogP contribution in [0.3, 0.4) is 0 Å². The fraction of sp³-hybridized carbons (Fsp3) is 0.409. The zero-order valence-electron chi connectivity index (χ0n) is 16.1. The normalized spacial score (nSPS) is 16.0. The van der Waals surface area contributed by atoms with Gasteiger partial charge >= 0.3 is 6.03 Å². The van der Waals surface area contributed by atoms with Crippen molar-refractivity contribution < 1.29 is 9.59 Å². The largest absolute Gasteiger partial charge is 0.338 e. The first-order valence-corrected chi connectivity index (χ1v) is 10.0. The molecule has 1 aromatic carbocycles. The smallest absolute Gasteiger partial charge is 0.319 e. The third-order valence-corrected chi connectivity index (χ3v) is 5.11. The molecule has 2 N–H and O–H groups in total. The van der Waals surface area contributed by atoms with Crippen LogP contribution in [0.5, 0.6) is 0 Å². The van der Waals surface area contributed by atoms with E-state index in [1.54, 1.807) is 24.5 Å². The van der Waals surface area contributed by atoms with Crippen molar-refractivity contribution in [3.05, 3.63) is 60.4 Å². The fourth-order valence-corrected chi connectivity index (χ4v) is 3.56. The number of hydrogen-bond acceptors (Lipinski definition) is 3. The molecule has 1 aliphatic rings. The molecule has 0 aliphatic carbocycles. The number of unbranched alkanes of at least 4 members (excludes halogenated alkanes) is 2. The second kappa shape index (κ2) is 10.4. The van der Waals surface area contributed by atoms with Gasteiger partial charge in [0.25, 0.3) is 5.91 Å². The lowest BCUT2D eigenvalue weighted by atomic mass is 10.0. The molecule has 3 rings (SSSR count). The summed E-state index contributed by atoms with van der Waals surface area (Å²) in [5.41, 5.74) is 1.52. The third kappa shape index (κ3) is 6.08. The molecule has 0 radical (unpaired) electrons. The molecular weight excluding hydrogens is 352 g/mol. The number of benzene rings is 1. The molecule has 3 amide bonds. The minimum Gasteiger partial charge on any atom is -0.338 e. The highest BCUT2D eigenvalue weighted by Crippen LogP contribution is 2.23. The minimum atomic E-state index is -0.183. The topological polar surface area (TPSA) is 74.3 Å². The van der Waals surface area contributed by atoms with E-state index in [9.17, 15) is 9.59 Å². The van der Waals surface area contributed by atoms with Crippen LogP contribution in [0.25, 0.3) is 0 Å².